The maximum absolute atomic E-state index is 12.6. The van der Waals surface area contributed by atoms with Gasteiger partial charge in [-0.3, -0.25) is 4.79 Å². The van der Waals surface area contributed by atoms with E-state index < -0.39 is 0 Å². The number of piperidine rings is 1. The van der Waals surface area contributed by atoms with Crippen LogP contribution in [0.2, 0.25) is 0 Å². The molecule has 1 aromatic rings. The minimum atomic E-state index is -0.120. The summed E-state index contributed by atoms with van der Waals surface area (Å²) in [5.41, 5.74) is 0.526. The van der Waals surface area contributed by atoms with Crippen LogP contribution in [-0.4, -0.2) is 56.8 Å². The second-order valence-electron chi connectivity index (χ2n) is 6.88. The lowest BCUT2D eigenvalue weighted by Crippen LogP contribution is -2.39. The lowest BCUT2D eigenvalue weighted by atomic mass is 9.99. The van der Waals surface area contributed by atoms with E-state index in [-0.39, 0.29) is 5.91 Å². The van der Waals surface area contributed by atoms with Crippen molar-refractivity contribution >= 4 is 5.91 Å². The van der Waals surface area contributed by atoms with Crippen LogP contribution in [-0.2, 0) is 0 Å². The zero-order valence-corrected chi connectivity index (χ0v) is 17.2. The second-order valence-corrected chi connectivity index (χ2v) is 6.88. The van der Waals surface area contributed by atoms with Gasteiger partial charge >= 0.3 is 0 Å². The Morgan fingerprint density at radius 1 is 1.04 bits per heavy atom. The van der Waals surface area contributed by atoms with E-state index in [2.05, 4.69) is 17.1 Å². The zero-order chi connectivity index (χ0) is 19.6. The molecule has 2 rings (SSSR count). The van der Waals surface area contributed by atoms with Crippen molar-refractivity contribution in [2.45, 2.75) is 40.5 Å². The highest BCUT2D eigenvalue weighted by Gasteiger charge is 2.19. The number of carbonyl (C=O) groups excluding carboxylic acids is 1. The SMILES string of the molecule is CCOc1cc(C(=O)NCCN2CCC(C)CC2)cc(OCC)c1OCC. The van der Waals surface area contributed by atoms with Crippen LogP contribution in [0.4, 0.5) is 0 Å². The van der Waals surface area contributed by atoms with Crippen molar-refractivity contribution < 1.29 is 19.0 Å². The molecule has 0 radical (unpaired) electrons. The van der Waals surface area contributed by atoms with Gasteiger partial charge in [-0.15, -0.1) is 0 Å². The Morgan fingerprint density at radius 3 is 2.11 bits per heavy atom. The second kappa shape index (κ2) is 11.0. The predicted octanol–water partition coefficient (Wildman–Crippen LogP) is 3.34. The Morgan fingerprint density at radius 2 is 1.59 bits per heavy atom. The van der Waals surface area contributed by atoms with Crippen LogP contribution in [0.5, 0.6) is 17.2 Å². The molecule has 0 bridgehead atoms. The summed E-state index contributed by atoms with van der Waals surface area (Å²) in [5, 5.41) is 3.02. The van der Waals surface area contributed by atoms with Gasteiger partial charge in [0.2, 0.25) is 5.75 Å². The number of hydrogen-bond donors (Lipinski definition) is 1. The van der Waals surface area contributed by atoms with Gasteiger partial charge in [0.25, 0.3) is 5.91 Å². The fourth-order valence-electron chi connectivity index (χ4n) is 3.24. The van der Waals surface area contributed by atoms with Gasteiger partial charge in [-0.05, 0) is 64.8 Å². The van der Waals surface area contributed by atoms with Crippen molar-refractivity contribution in [3.8, 4) is 17.2 Å². The van der Waals surface area contributed by atoms with E-state index in [0.29, 0.717) is 49.2 Å². The molecule has 0 atom stereocenters. The van der Waals surface area contributed by atoms with Gasteiger partial charge in [0.15, 0.2) is 11.5 Å². The highest BCUT2D eigenvalue weighted by atomic mass is 16.5. The summed E-state index contributed by atoms with van der Waals surface area (Å²) in [4.78, 5) is 15.1. The summed E-state index contributed by atoms with van der Waals surface area (Å²) in [7, 11) is 0. The van der Waals surface area contributed by atoms with Gasteiger partial charge in [-0.25, -0.2) is 0 Å². The summed E-state index contributed by atoms with van der Waals surface area (Å²) in [6.45, 7) is 13.2. The van der Waals surface area contributed by atoms with Crippen LogP contribution in [0.3, 0.4) is 0 Å². The molecule has 0 spiro atoms. The average molecular weight is 379 g/mol. The van der Waals surface area contributed by atoms with Crippen molar-refractivity contribution in [2.75, 3.05) is 46.0 Å². The Kier molecular flexibility index (Phi) is 8.72. The molecule has 1 aliphatic heterocycles. The third-order valence-electron chi connectivity index (χ3n) is 4.76. The van der Waals surface area contributed by atoms with Crippen LogP contribution in [0, 0.1) is 5.92 Å². The van der Waals surface area contributed by atoms with E-state index in [1.807, 2.05) is 20.8 Å². The first-order valence-electron chi connectivity index (χ1n) is 10.2. The van der Waals surface area contributed by atoms with Gasteiger partial charge in [-0.1, -0.05) is 6.92 Å². The molecular formula is C21H34N2O4. The number of amides is 1. The Labute approximate surface area is 163 Å². The van der Waals surface area contributed by atoms with Gasteiger partial charge < -0.3 is 24.4 Å². The van der Waals surface area contributed by atoms with Crippen molar-refractivity contribution in [1.82, 2.24) is 10.2 Å². The first-order valence-corrected chi connectivity index (χ1v) is 10.2. The first-order chi connectivity index (χ1) is 13.1. The molecule has 1 heterocycles. The highest BCUT2D eigenvalue weighted by Crippen LogP contribution is 2.39. The fraction of sp³-hybridized carbons (Fsp3) is 0.667. The minimum Gasteiger partial charge on any atom is -0.490 e. The van der Waals surface area contributed by atoms with E-state index in [1.54, 1.807) is 12.1 Å². The third-order valence-corrected chi connectivity index (χ3v) is 4.76. The van der Waals surface area contributed by atoms with Gasteiger partial charge in [0.1, 0.15) is 0 Å². The van der Waals surface area contributed by atoms with E-state index in [0.717, 1.165) is 25.6 Å². The quantitative estimate of drug-likeness (QED) is 0.677. The highest BCUT2D eigenvalue weighted by molar-refractivity contribution is 5.95. The number of benzene rings is 1. The van der Waals surface area contributed by atoms with E-state index in [4.69, 9.17) is 14.2 Å². The lowest BCUT2D eigenvalue weighted by molar-refractivity contribution is 0.0943. The van der Waals surface area contributed by atoms with E-state index in [9.17, 15) is 4.79 Å². The number of carbonyl (C=O) groups is 1. The molecule has 1 aromatic carbocycles. The number of nitrogens with one attached hydrogen (secondary N) is 1. The molecule has 6 heteroatoms. The summed E-state index contributed by atoms with van der Waals surface area (Å²) in [6.07, 6.45) is 2.48. The summed E-state index contributed by atoms with van der Waals surface area (Å²) < 4.78 is 17.1. The first kappa shape index (κ1) is 21.4. The molecule has 0 aliphatic carbocycles. The molecule has 0 saturated carbocycles. The maximum atomic E-state index is 12.6. The van der Waals surface area contributed by atoms with Gasteiger partial charge in [0.05, 0.1) is 19.8 Å². The van der Waals surface area contributed by atoms with Crippen molar-refractivity contribution in [3.05, 3.63) is 17.7 Å². The molecule has 0 aromatic heterocycles. The van der Waals surface area contributed by atoms with Crippen LogP contribution in [0.25, 0.3) is 0 Å². The maximum Gasteiger partial charge on any atom is 0.251 e. The van der Waals surface area contributed by atoms with Crippen molar-refractivity contribution in [2.24, 2.45) is 5.92 Å². The topological polar surface area (TPSA) is 60.0 Å². The molecule has 27 heavy (non-hydrogen) atoms. The molecule has 1 amide bonds. The molecule has 1 saturated heterocycles. The number of ether oxygens (including phenoxy) is 3. The van der Waals surface area contributed by atoms with Gasteiger partial charge in [-0.2, -0.15) is 0 Å². The standard InChI is InChI=1S/C21H34N2O4/c1-5-25-18-14-17(15-19(26-6-2)20(18)27-7-3)21(24)22-10-13-23-11-8-16(4)9-12-23/h14-16H,5-13H2,1-4H3,(H,22,24). The summed E-state index contributed by atoms with van der Waals surface area (Å²) in [6, 6.07) is 3.46. The molecular weight excluding hydrogens is 344 g/mol. The largest absolute Gasteiger partial charge is 0.490 e. The Balaban J connectivity index is 2.03. The van der Waals surface area contributed by atoms with E-state index in [1.165, 1.54) is 12.8 Å². The summed E-state index contributed by atoms with van der Waals surface area (Å²) in [5.74, 6) is 2.33. The minimum absolute atomic E-state index is 0.120. The predicted molar refractivity (Wildman–Crippen MR) is 107 cm³/mol. The zero-order valence-electron chi connectivity index (χ0n) is 17.2. The third kappa shape index (κ3) is 6.31. The monoisotopic (exact) mass is 378 g/mol. The smallest absolute Gasteiger partial charge is 0.251 e. The van der Waals surface area contributed by atoms with Crippen LogP contribution < -0.4 is 19.5 Å². The normalized spacial score (nSPS) is 15.4. The van der Waals surface area contributed by atoms with E-state index >= 15 is 0 Å². The molecule has 1 fully saturated rings. The van der Waals surface area contributed by atoms with Gasteiger partial charge in [0, 0.05) is 18.7 Å². The van der Waals surface area contributed by atoms with Crippen LogP contribution >= 0.6 is 0 Å². The Bertz CT molecular complexity index is 571. The molecule has 1 aliphatic rings. The molecule has 152 valence electrons. The number of likely N-dealkylation sites (tertiary alicyclic amines) is 1. The average Bonchev–Trinajstić information content (AvgIpc) is 2.66. The number of hydrogen-bond acceptors (Lipinski definition) is 5. The fourth-order valence-corrected chi connectivity index (χ4v) is 3.24. The summed E-state index contributed by atoms with van der Waals surface area (Å²) >= 11 is 0. The van der Waals surface area contributed by atoms with Crippen LogP contribution in [0.1, 0.15) is 50.9 Å². The van der Waals surface area contributed by atoms with Crippen molar-refractivity contribution in [3.63, 3.8) is 0 Å². The Hall–Kier alpha value is -1.95. The molecule has 6 nitrogen and oxygen atoms in total. The number of nitrogens with zero attached hydrogens (tertiary/aromatic N) is 1. The van der Waals surface area contributed by atoms with Crippen molar-refractivity contribution in [1.29, 1.82) is 0 Å². The molecule has 1 N–H and O–H groups in total. The molecule has 0 unspecified atom stereocenters. The van der Waals surface area contributed by atoms with Crippen LogP contribution in [0.15, 0.2) is 12.1 Å². The lowest BCUT2D eigenvalue weighted by Gasteiger charge is -2.30. The number of rotatable bonds is 10.